The van der Waals surface area contributed by atoms with Gasteiger partial charge >= 0.3 is 12.1 Å². The van der Waals surface area contributed by atoms with Crippen LogP contribution in [-0.4, -0.2) is 29.2 Å². The number of alkyl halides is 3. The Morgan fingerprint density at radius 2 is 1.71 bits per heavy atom. The lowest BCUT2D eigenvalue weighted by Gasteiger charge is -2.30. The van der Waals surface area contributed by atoms with Crippen LogP contribution in [0.4, 0.5) is 13.2 Å². The Labute approximate surface area is 121 Å². The van der Waals surface area contributed by atoms with Gasteiger partial charge in [0, 0.05) is 12.0 Å². The van der Waals surface area contributed by atoms with E-state index >= 15 is 0 Å². The monoisotopic (exact) mass is 307 g/mol. The highest BCUT2D eigenvalue weighted by atomic mass is 19.4. The number of hydrogen-bond acceptors (Lipinski definition) is 2. The summed E-state index contributed by atoms with van der Waals surface area (Å²) in [4.78, 5) is 22.9. The molecule has 0 aromatic carbocycles. The molecule has 0 spiro atoms. The maximum Gasteiger partial charge on any atom is 0.391 e. The predicted octanol–water partition coefficient (Wildman–Crippen LogP) is 2.72. The largest absolute Gasteiger partial charge is 0.481 e. The summed E-state index contributed by atoms with van der Waals surface area (Å²) >= 11 is 0. The highest BCUT2D eigenvalue weighted by molar-refractivity contribution is 5.79. The Morgan fingerprint density at radius 1 is 1.00 bits per heavy atom. The van der Waals surface area contributed by atoms with Crippen molar-refractivity contribution in [2.75, 3.05) is 0 Å². The summed E-state index contributed by atoms with van der Waals surface area (Å²) in [5.41, 5.74) is 0. The Morgan fingerprint density at radius 3 is 2.29 bits per heavy atom. The number of carbonyl (C=O) groups excluding carboxylic acids is 1. The first-order chi connectivity index (χ1) is 9.77. The molecule has 7 heteroatoms. The first-order valence-electron chi connectivity index (χ1n) is 7.37. The van der Waals surface area contributed by atoms with Crippen molar-refractivity contribution in [1.82, 2.24) is 5.32 Å². The highest BCUT2D eigenvalue weighted by Gasteiger charge is 2.44. The summed E-state index contributed by atoms with van der Waals surface area (Å²) in [6.45, 7) is 0. The molecule has 2 saturated carbocycles. The van der Waals surface area contributed by atoms with Gasteiger partial charge in [-0.2, -0.15) is 13.2 Å². The number of carbonyl (C=O) groups is 2. The molecule has 0 radical (unpaired) electrons. The molecule has 2 N–H and O–H groups in total. The fourth-order valence-corrected chi connectivity index (χ4v) is 3.38. The van der Waals surface area contributed by atoms with Gasteiger partial charge in [-0.15, -0.1) is 0 Å². The van der Waals surface area contributed by atoms with Crippen LogP contribution in [0.5, 0.6) is 0 Å². The summed E-state index contributed by atoms with van der Waals surface area (Å²) in [7, 11) is 0. The van der Waals surface area contributed by atoms with Crippen molar-refractivity contribution in [2.24, 2.45) is 17.8 Å². The molecule has 2 unspecified atom stereocenters. The molecule has 0 aromatic rings. The first-order valence-corrected chi connectivity index (χ1v) is 7.37. The number of carboxylic acid groups (broad SMARTS) is 1. The predicted molar refractivity (Wildman–Crippen MR) is 68.4 cm³/mol. The maximum absolute atomic E-state index is 12.7. The van der Waals surface area contributed by atoms with E-state index in [-0.39, 0.29) is 24.8 Å². The zero-order chi connectivity index (χ0) is 15.6. The van der Waals surface area contributed by atoms with E-state index in [1.54, 1.807) is 0 Å². The van der Waals surface area contributed by atoms with Gasteiger partial charge in [0.2, 0.25) is 5.91 Å². The third-order valence-corrected chi connectivity index (χ3v) is 4.64. The lowest BCUT2D eigenvalue weighted by Crippen LogP contribution is -2.41. The molecule has 0 aromatic heterocycles. The van der Waals surface area contributed by atoms with Crippen LogP contribution in [0.15, 0.2) is 0 Å². The summed E-state index contributed by atoms with van der Waals surface area (Å²) < 4.78 is 38.2. The molecule has 4 nitrogen and oxygen atoms in total. The molecule has 2 aliphatic carbocycles. The number of halogens is 3. The average Bonchev–Trinajstić information content (AvgIpc) is 2.86. The molecule has 0 bridgehead atoms. The fourth-order valence-electron chi connectivity index (χ4n) is 3.38. The van der Waals surface area contributed by atoms with Crippen molar-refractivity contribution in [1.29, 1.82) is 0 Å². The van der Waals surface area contributed by atoms with Crippen LogP contribution in [0.3, 0.4) is 0 Å². The van der Waals surface area contributed by atoms with Gasteiger partial charge in [-0.05, 0) is 38.5 Å². The van der Waals surface area contributed by atoms with E-state index in [2.05, 4.69) is 5.32 Å². The molecule has 1 amide bonds. The maximum atomic E-state index is 12.7. The van der Waals surface area contributed by atoms with Crippen LogP contribution in [0.1, 0.15) is 44.9 Å². The third kappa shape index (κ3) is 4.11. The van der Waals surface area contributed by atoms with Crippen LogP contribution in [0.25, 0.3) is 0 Å². The summed E-state index contributed by atoms with van der Waals surface area (Å²) in [5.74, 6) is -3.67. The van der Waals surface area contributed by atoms with E-state index in [0.29, 0.717) is 32.1 Å². The van der Waals surface area contributed by atoms with Gasteiger partial charge in [0.25, 0.3) is 0 Å². The van der Waals surface area contributed by atoms with Gasteiger partial charge in [-0.3, -0.25) is 9.59 Å². The van der Waals surface area contributed by atoms with Gasteiger partial charge in [0.15, 0.2) is 0 Å². The Bertz CT molecular complexity index is 411. The van der Waals surface area contributed by atoms with E-state index in [4.69, 9.17) is 5.11 Å². The molecule has 2 fully saturated rings. The Hall–Kier alpha value is -1.27. The molecule has 2 aliphatic rings. The molecular weight excluding hydrogens is 287 g/mol. The van der Waals surface area contributed by atoms with Gasteiger partial charge in [-0.25, -0.2) is 0 Å². The van der Waals surface area contributed by atoms with E-state index in [9.17, 15) is 22.8 Å². The average molecular weight is 307 g/mol. The zero-order valence-corrected chi connectivity index (χ0v) is 11.7. The number of carboxylic acids is 1. The topological polar surface area (TPSA) is 66.4 Å². The van der Waals surface area contributed by atoms with Gasteiger partial charge in [-0.1, -0.05) is 6.42 Å². The molecule has 4 atom stereocenters. The second-order valence-corrected chi connectivity index (χ2v) is 6.16. The lowest BCUT2D eigenvalue weighted by atomic mass is 9.80. The molecule has 0 heterocycles. The summed E-state index contributed by atoms with van der Waals surface area (Å²) in [5, 5.41) is 11.6. The highest BCUT2D eigenvalue weighted by Crippen LogP contribution is 2.40. The van der Waals surface area contributed by atoms with Crippen molar-refractivity contribution in [3.05, 3.63) is 0 Å². The van der Waals surface area contributed by atoms with Gasteiger partial charge in [0.1, 0.15) is 0 Å². The second kappa shape index (κ2) is 6.23. The quantitative estimate of drug-likeness (QED) is 0.842. The smallest absolute Gasteiger partial charge is 0.391 e. The minimum Gasteiger partial charge on any atom is -0.481 e. The van der Waals surface area contributed by atoms with Crippen molar-refractivity contribution in [3.63, 3.8) is 0 Å². The van der Waals surface area contributed by atoms with Crippen LogP contribution in [-0.2, 0) is 9.59 Å². The van der Waals surface area contributed by atoms with E-state index in [1.165, 1.54) is 0 Å². The van der Waals surface area contributed by atoms with Crippen LogP contribution in [0.2, 0.25) is 0 Å². The molecule has 0 aliphatic heterocycles. The minimum atomic E-state index is -4.24. The fraction of sp³-hybridized carbons (Fsp3) is 0.857. The van der Waals surface area contributed by atoms with E-state index in [0.717, 1.165) is 0 Å². The van der Waals surface area contributed by atoms with Gasteiger partial charge < -0.3 is 10.4 Å². The number of aliphatic carboxylic acids is 1. The standard InChI is InChI=1S/C14H20F3NO3/c15-14(16,17)10-3-1-2-8(6-10)12(19)18-11-5-4-9(7-11)13(20)21/h8-11H,1-7H2,(H,18,19)(H,20,21)/t8?,9-,10?,11+/m1/s1. The third-order valence-electron chi connectivity index (χ3n) is 4.64. The van der Waals surface area contributed by atoms with Gasteiger partial charge in [0.05, 0.1) is 11.8 Å². The number of nitrogens with one attached hydrogen (secondary N) is 1. The Kier molecular flexibility index (Phi) is 4.78. The second-order valence-electron chi connectivity index (χ2n) is 6.16. The molecular formula is C14H20F3NO3. The van der Waals surface area contributed by atoms with Crippen molar-refractivity contribution in [2.45, 2.75) is 57.2 Å². The SMILES string of the molecule is O=C(N[C@H]1CC[C@@H](C(=O)O)C1)C1CCCC(C(F)(F)F)C1. The van der Waals surface area contributed by atoms with Crippen LogP contribution in [0, 0.1) is 17.8 Å². The summed E-state index contributed by atoms with van der Waals surface area (Å²) in [6.07, 6.45) is -1.94. The van der Waals surface area contributed by atoms with Crippen molar-refractivity contribution >= 4 is 11.9 Å². The van der Waals surface area contributed by atoms with Crippen LogP contribution >= 0.6 is 0 Å². The number of rotatable bonds is 3. The lowest BCUT2D eigenvalue weighted by molar-refractivity contribution is -0.186. The molecule has 2 rings (SSSR count). The molecule has 0 saturated heterocycles. The first kappa shape index (κ1) is 16.1. The minimum absolute atomic E-state index is 0.0950. The van der Waals surface area contributed by atoms with Crippen LogP contribution < -0.4 is 5.32 Å². The van der Waals surface area contributed by atoms with Crippen molar-refractivity contribution < 1.29 is 27.9 Å². The molecule has 120 valence electrons. The van der Waals surface area contributed by atoms with E-state index in [1.807, 2.05) is 0 Å². The summed E-state index contributed by atoms with van der Waals surface area (Å²) in [6, 6.07) is -0.218. The number of hydrogen-bond donors (Lipinski definition) is 2. The molecule has 21 heavy (non-hydrogen) atoms. The normalized spacial score (nSPS) is 33.7. The van der Waals surface area contributed by atoms with E-state index < -0.39 is 29.9 Å². The zero-order valence-electron chi connectivity index (χ0n) is 11.7. The number of amides is 1. The Balaban J connectivity index is 1.85. The van der Waals surface area contributed by atoms with Crippen molar-refractivity contribution in [3.8, 4) is 0 Å².